The summed E-state index contributed by atoms with van der Waals surface area (Å²) in [5, 5.41) is 10.8. The van der Waals surface area contributed by atoms with Gasteiger partial charge in [0.25, 0.3) is 0 Å². The fourth-order valence-corrected chi connectivity index (χ4v) is 5.37. The highest BCUT2D eigenvalue weighted by Crippen LogP contribution is 2.33. The highest BCUT2D eigenvalue weighted by atomic mass is 32.2. The zero-order chi connectivity index (χ0) is 29.3. The van der Waals surface area contributed by atoms with Crippen LogP contribution in [0.4, 0.5) is 0 Å². The number of methoxy groups -OCH3 is 2. The molecule has 0 heterocycles. The number of sulfonamides is 1. The normalized spacial score (nSPS) is 11.9. The first kappa shape index (κ1) is 30.2. The molecular formula is C27H33N5O7S. The third-order valence-corrected chi connectivity index (χ3v) is 7.49. The van der Waals surface area contributed by atoms with Gasteiger partial charge in [0.2, 0.25) is 15.9 Å². The Bertz CT molecular complexity index is 1480. The molecule has 3 rings (SSSR count). The highest BCUT2D eigenvalue weighted by Gasteiger charge is 2.30. The van der Waals surface area contributed by atoms with Gasteiger partial charge in [-0.25, -0.2) is 8.42 Å². The van der Waals surface area contributed by atoms with E-state index in [9.17, 15) is 23.1 Å². The fourth-order valence-electron chi connectivity index (χ4n) is 4.11. The van der Waals surface area contributed by atoms with Gasteiger partial charge in [-0.05, 0) is 53.4 Å². The number of carbonyl (C=O) groups excluding carboxylic acids is 1. The molecule has 13 heteroatoms. The number of nitrogens with zero attached hydrogens (tertiary/aromatic N) is 2. The summed E-state index contributed by atoms with van der Waals surface area (Å²) in [5.74, 6) is -1.14. The van der Waals surface area contributed by atoms with Crippen LogP contribution in [0.3, 0.4) is 0 Å². The summed E-state index contributed by atoms with van der Waals surface area (Å²) < 4.78 is 40.1. The number of nitrogens with one attached hydrogen (secondary N) is 1. The number of aliphatic carboxylic acids is 1. The second-order valence-electron chi connectivity index (χ2n) is 8.91. The minimum atomic E-state index is -4.22. The molecule has 3 aromatic rings. The van der Waals surface area contributed by atoms with E-state index in [1.807, 2.05) is 0 Å². The number of hydrogen-bond donors (Lipinski definition) is 4. The topological polar surface area (TPSA) is 187 Å². The minimum absolute atomic E-state index is 0.0182. The summed E-state index contributed by atoms with van der Waals surface area (Å²) in [4.78, 5) is 30.1. The monoisotopic (exact) mass is 571 g/mol. The SMILES string of the molecule is COc1cc2ccc(S(=O)(=O)N[C@@H](CCCN=C(N)N)C(=O)N(CC(=O)O)Cc3ccccc3)cc2cc1OC. The number of hydrogen-bond acceptors (Lipinski definition) is 7. The average molecular weight is 572 g/mol. The van der Waals surface area contributed by atoms with E-state index in [2.05, 4.69) is 9.71 Å². The Kier molecular flexibility index (Phi) is 10.3. The first-order valence-electron chi connectivity index (χ1n) is 12.3. The molecule has 40 heavy (non-hydrogen) atoms. The quantitative estimate of drug-likeness (QED) is 0.127. The molecule has 12 nitrogen and oxygen atoms in total. The molecule has 6 N–H and O–H groups in total. The van der Waals surface area contributed by atoms with Crippen LogP contribution in [0, 0.1) is 0 Å². The third-order valence-electron chi connectivity index (χ3n) is 6.02. The lowest BCUT2D eigenvalue weighted by atomic mass is 10.1. The van der Waals surface area contributed by atoms with Crippen LogP contribution in [0.25, 0.3) is 10.8 Å². The van der Waals surface area contributed by atoms with Crippen molar-refractivity contribution in [3.8, 4) is 11.5 Å². The smallest absolute Gasteiger partial charge is 0.323 e. The molecule has 0 aliphatic carbocycles. The molecule has 0 spiro atoms. The predicted molar refractivity (Wildman–Crippen MR) is 151 cm³/mol. The predicted octanol–water partition coefficient (Wildman–Crippen LogP) is 1.67. The number of rotatable bonds is 14. The number of carboxylic acids is 1. The number of fused-ring (bicyclic) bond motifs is 1. The molecule has 0 saturated carbocycles. The van der Waals surface area contributed by atoms with Gasteiger partial charge in [0.05, 0.1) is 19.1 Å². The van der Waals surface area contributed by atoms with Crippen LogP contribution < -0.4 is 25.7 Å². The molecule has 0 fully saturated rings. The molecule has 1 amide bonds. The van der Waals surface area contributed by atoms with Gasteiger partial charge >= 0.3 is 5.97 Å². The maximum Gasteiger partial charge on any atom is 0.323 e. The number of carbonyl (C=O) groups is 2. The van der Waals surface area contributed by atoms with Gasteiger partial charge in [-0.3, -0.25) is 14.6 Å². The van der Waals surface area contributed by atoms with E-state index in [1.165, 1.54) is 26.4 Å². The second kappa shape index (κ2) is 13.6. The van der Waals surface area contributed by atoms with Gasteiger partial charge in [-0.2, -0.15) is 4.72 Å². The molecule has 0 saturated heterocycles. The largest absolute Gasteiger partial charge is 0.493 e. The van der Waals surface area contributed by atoms with Gasteiger partial charge in [0.15, 0.2) is 17.5 Å². The zero-order valence-electron chi connectivity index (χ0n) is 22.2. The van der Waals surface area contributed by atoms with Gasteiger partial charge in [0.1, 0.15) is 12.6 Å². The molecule has 0 aliphatic rings. The number of guanidine groups is 1. The van der Waals surface area contributed by atoms with Crippen LogP contribution in [0.1, 0.15) is 18.4 Å². The van der Waals surface area contributed by atoms with Crippen molar-refractivity contribution >= 4 is 38.6 Å². The summed E-state index contributed by atoms with van der Waals surface area (Å²) in [6, 6.07) is 15.4. The van der Waals surface area contributed by atoms with Gasteiger partial charge < -0.3 is 30.9 Å². The summed E-state index contributed by atoms with van der Waals surface area (Å²) in [6.07, 6.45) is 0.288. The van der Waals surface area contributed by atoms with E-state index in [-0.39, 0.29) is 36.8 Å². The molecule has 0 bridgehead atoms. The molecule has 0 unspecified atom stereocenters. The molecule has 0 aromatic heterocycles. The lowest BCUT2D eigenvalue weighted by Crippen LogP contribution is -2.49. The Hall–Kier alpha value is -4.36. The Morgan fingerprint density at radius 3 is 2.25 bits per heavy atom. The van der Waals surface area contributed by atoms with E-state index >= 15 is 0 Å². The maximum absolute atomic E-state index is 13.6. The van der Waals surface area contributed by atoms with Crippen molar-refractivity contribution in [3.63, 3.8) is 0 Å². The summed E-state index contributed by atoms with van der Waals surface area (Å²) in [6.45, 7) is -0.476. The van der Waals surface area contributed by atoms with E-state index in [4.69, 9.17) is 20.9 Å². The fraction of sp³-hybridized carbons (Fsp3) is 0.296. The van der Waals surface area contributed by atoms with Crippen LogP contribution in [-0.2, 0) is 26.2 Å². The van der Waals surface area contributed by atoms with Crippen LogP contribution in [0.2, 0.25) is 0 Å². The number of carboxylic acid groups (broad SMARTS) is 1. The lowest BCUT2D eigenvalue weighted by molar-refractivity contribution is -0.145. The minimum Gasteiger partial charge on any atom is -0.493 e. The van der Waals surface area contributed by atoms with Crippen LogP contribution in [0.15, 0.2) is 70.6 Å². The van der Waals surface area contributed by atoms with E-state index < -0.39 is 34.5 Å². The van der Waals surface area contributed by atoms with E-state index in [0.29, 0.717) is 22.4 Å². The molecule has 0 aliphatic heterocycles. The van der Waals surface area contributed by atoms with Crippen molar-refractivity contribution < 1.29 is 32.6 Å². The zero-order valence-corrected chi connectivity index (χ0v) is 23.1. The summed E-state index contributed by atoms with van der Waals surface area (Å²) >= 11 is 0. The molecular weight excluding hydrogens is 538 g/mol. The lowest BCUT2D eigenvalue weighted by Gasteiger charge is -2.27. The Labute approximate surface area is 232 Å². The Morgan fingerprint density at radius 2 is 1.65 bits per heavy atom. The van der Waals surface area contributed by atoms with Crippen LogP contribution in [-0.4, -0.2) is 69.6 Å². The van der Waals surface area contributed by atoms with Crippen LogP contribution in [0.5, 0.6) is 11.5 Å². The van der Waals surface area contributed by atoms with Crippen molar-refractivity contribution in [1.29, 1.82) is 0 Å². The van der Waals surface area contributed by atoms with Crippen molar-refractivity contribution in [2.75, 3.05) is 27.3 Å². The average Bonchev–Trinajstić information content (AvgIpc) is 2.92. The number of benzene rings is 3. The molecule has 0 radical (unpaired) electrons. The van der Waals surface area contributed by atoms with Crippen molar-refractivity contribution in [2.45, 2.75) is 30.3 Å². The number of ether oxygens (including phenoxy) is 2. The first-order valence-corrected chi connectivity index (χ1v) is 13.8. The van der Waals surface area contributed by atoms with Gasteiger partial charge in [0, 0.05) is 13.1 Å². The molecule has 1 atom stereocenters. The molecule has 214 valence electrons. The van der Waals surface area contributed by atoms with E-state index in [1.54, 1.807) is 48.5 Å². The highest BCUT2D eigenvalue weighted by molar-refractivity contribution is 7.89. The maximum atomic E-state index is 13.6. The Morgan fingerprint density at radius 1 is 1.00 bits per heavy atom. The first-order chi connectivity index (χ1) is 19.0. The Balaban J connectivity index is 1.94. The van der Waals surface area contributed by atoms with Crippen LogP contribution >= 0.6 is 0 Å². The number of aliphatic imine (C=N–C) groups is 1. The number of amides is 1. The van der Waals surface area contributed by atoms with E-state index in [0.717, 1.165) is 10.3 Å². The standard InChI is InChI=1S/C27H33N5O7S/c1-38-23-14-19-10-11-21(13-20(19)15-24(23)39-2)40(36,37)31-22(9-6-12-30-27(28)29)26(35)32(17-25(33)34)16-18-7-4-3-5-8-18/h3-5,7-8,10-11,13-15,22,31H,6,9,12,16-17H2,1-2H3,(H,33,34)(H4,28,29,30)/t22-/m0/s1. The molecule has 3 aromatic carbocycles. The van der Waals surface area contributed by atoms with Crippen molar-refractivity contribution in [2.24, 2.45) is 16.5 Å². The summed E-state index contributed by atoms with van der Waals surface area (Å²) in [5.41, 5.74) is 11.5. The van der Waals surface area contributed by atoms with Crippen molar-refractivity contribution in [1.82, 2.24) is 9.62 Å². The third kappa shape index (κ3) is 8.07. The second-order valence-corrected chi connectivity index (χ2v) is 10.6. The summed E-state index contributed by atoms with van der Waals surface area (Å²) in [7, 11) is -1.24. The number of nitrogens with two attached hydrogens (primary N) is 2. The van der Waals surface area contributed by atoms with Gasteiger partial charge in [-0.1, -0.05) is 36.4 Å². The van der Waals surface area contributed by atoms with Gasteiger partial charge in [-0.15, -0.1) is 0 Å². The van der Waals surface area contributed by atoms with Crippen molar-refractivity contribution in [3.05, 3.63) is 66.2 Å².